The first kappa shape index (κ1) is 9.96. The zero-order chi connectivity index (χ0) is 10.7. The van der Waals surface area contributed by atoms with Gasteiger partial charge in [0, 0.05) is 6.42 Å². The Bertz CT molecular complexity index is 356. The molecule has 0 spiro atoms. The zero-order valence-corrected chi connectivity index (χ0v) is 8.36. The van der Waals surface area contributed by atoms with Crippen LogP contribution in [0, 0.1) is 5.92 Å². The Labute approximate surface area is 87.6 Å². The summed E-state index contributed by atoms with van der Waals surface area (Å²) in [6.07, 6.45) is 3.61. The first-order chi connectivity index (χ1) is 7.27. The van der Waals surface area contributed by atoms with Crippen LogP contribution in [0.4, 0.5) is 0 Å². The summed E-state index contributed by atoms with van der Waals surface area (Å²) in [6.45, 7) is 0.357. The minimum Gasteiger partial charge on any atom is -0.467 e. The highest BCUT2D eigenvalue weighted by Gasteiger charge is 2.30. The fourth-order valence-corrected chi connectivity index (χ4v) is 1.80. The summed E-state index contributed by atoms with van der Waals surface area (Å²) < 4.78 is 5.07. The van der Waals surface area contributed by atoms with Gasteiger partial charge in [-0.3, -0.25) is 9.59 Å². The van der Waals surface area contributed by atoms with E-state index in [9.17, 15) is 9.59 Å². The Hall–Kier alpha value is -1.58. The van der Waals surface area contributed by atoms with Crippen LogP contribution in [0.25, 0.3) is 0 Å². The predicted molar refractivity (Wildman–Crippen MR) is 52.9 cm³/mol. The third kappa shape index (κ3) is 2.26. The summed E-state index contributed by atoms with van der Waals surface area (Å²) in [7, 11) is 0. The van der Waals surface area contributed by atoms with Gasteiger partial charge >= 0.3 is 0 Å². The Morgan fingerprint density at radius 3 is 3.07 bits per heavy atom. The standard InChI is InChI=1S/C11H13NO3/c13-10-5-1-4-9(10)11(14)12-7-8-3-2-6-15-8/h2-3,6,9H,1,4-5,7H2,(H,12,14). The summed E-state index contributed by atoms with van der Waals surface area (Å²) >= 11 is 0. The summed E-state index contributed by atoms with van der Waals surface area (Å²) in [4.78, 5) is 22.9. The van der Waals surface area contributed by atoms with Crippen LogP contribution >= 0.6 is 0 Å². The molecule has 1 fully saturated rings. The molecule has 1 unspecified atom stereocenters. The van der Waals surface area contributed by atoms with E-state index in [1.165, 1.54) is 0 Å². The molecule has 1 aliphatic rings. The second-order valence-electron chi connectivity index (χ2n) is 3.71. The molecule has 0 saturated heterocycles. The van der Waals surface area contributed by atoms with Crippen molar-refractivity contribution in [1.82, 2.24) is 5.32 Å². The minimum absolute atomic E-state index is 0.0620. The number of Topliss-reactive ketones (excluding diaryl/α,β-unsaturated/α-hetero) is 1. The average Bonchev–Trinajstić information content (AvgIpc) is 2.84. The smallest absolute Gasteiger partial charge is 0.230 e. The van der Waals surface area contributed by atoms with Crippen molar-refractivity contribution in [1.29, 1.82) is 0 Å². The zero-order valence-electron chi connectivity index (χ0n) is 8.36. The van der Waals surface area contributed by atoms with Crippen LogP contribution in [0.2, 0.25) is 0 Å². The summed E-state index contributed by atoms with van der Waals surface area (Å²) in [6, 6.07) is 3.55. The molecule has 1 amide bonds. The van der Waals surface area contributed by atoms with E-state index in [0.29, 0.717) is 25.1 Å². The summed E-state index contributed by atoms with van der Waals surface area (Å²) in [5.74, 6) is 0.162. The van der Waals surface area contributed by atoms with Crippen molar-refractivity contribution in [2.45, 2.75) is 25.8 Å². The van der Waals surface area contributed by atoms with Crippen molar-refractivity contribution in [2.24, 2.45) is 5.92 Å². The molecule has 1 aromatic heterocycles. The van der Waals surface area contributed by atoms with E-state index in [1.807, 2.05) is 0 Å². The van der Waals surface area contributed by atoms with Crippen LogP contribution in [0.1, 0.15) is 25.0 Å². The van der Waals surface area contributed by atoms with E-state index < -0.39 is 5.92 Å². The lowest BCUT2D eigenvalue weighted by Crippen LogP contribution is -2.32. The predicted octanol–water partition coefficient (Wildman–Crippen LogP) is 1.27. The quantitative estimate of drug-likeness (QED) is 0.759. The van der Waals surface area contributed by atoms with Crippen LogP contribution < -0.4 is 5.32 Å². The maximum atomic E-state index is 11.6. The Morgan fingerprint density at radius 2 is 2.47 bits per heavy atom. The molecular formula is C11H13NO3. The SMILES string of the molecule is O=C1CCCC1C(=O)NCc1ccco1. The third-order valence-electron chi connectivity index (χ3n) is 2.64. The molecule has 80 valence electrons. The van der Waals surface area contributed by atoms with Gasteiger partial charge in [0.1, 0.15) is 11.5 Å². The maximum Gasteiger partial charge on any atom is 0.230 e. The number of carbonyl (C=O) groups is 2. The molecule has 0 aromatic carbocycles. The van der Waals surface area contributed by atoms with Crippen LogP contribution in [0.3, 0.4) is 0 Å². The number of nitrogens with one attached hydrogen (secondary N) is 1. The van der Waals surface area contributed by atoms with E-state index in [-0.39, 0.29) is 11.7 Å². The second-order valence-corrected chi connectivity index (χ2v) is 3.71. The van der Waals surface area contributed by atoms with Gasteiger partial charge in [-0.1, -0.05) is 0 Å². The molecule has 0 radical (unpaired) electrons. The first-order valence-electron chi connectivity index (χ1n) is 5.10. The van der Waals surface area contributed by atoms with Crippen molar-refractivity contribution in [3.05, 3.63) is 24.2 Å². The highest BCUT2D eigenvalue weighted by molar-refractivity contribution is 6.02. The molecule has 0 bridgehead atoms. The van der Waals surface area contributed by atoms with E-state index >= 15 is 0 Å². The lowest BCUT2D eigenvalue weighted by Gasteiger charge is -2.07. The molecular weight excluding hydrogens is 194 g/mol. The van der Waals surface area contributed by atoms with Crippen LogP contribution in [0.15, 0.2) is 22.8 Å². The maximum absolute atomic E-state index is 11.6. The average molecular weight is 207 g/mol. The van der Waals surface area contributed by atoms with Crippen molar-refractivity contribution >= 4 is 11.7 Å². The lowest BCUT2D eigenvalue weighted by atomic mass is 10.1. The molecule has 15 heavy (non-hydrogen) atoms. The second kappa shape index (κ2) is 4.29. The Balaban J connectivity index is 1.84. The molecule has 1 atom stereocenters. The number of furan rings is 1. The van der Waals surface area contributed by atoms with E-state index in [1.54, 1.807) is 18.4 Å². The fraction of sp³-hybridized carbons (Fsp3) is 0.455. The molecule has 4 heteroatoms. The van der Waals surface area contributed by atoms with Gasteiger partial charge < -0.3 is 9.73 Å². The van der Waals surface area contributed by atoms with Gasteiger partial charge in [0.05, 0.1) is 18.7 Å². The number of amides is 1. The van der Waals surface area contributed by atoms with Crippen LogP contribution in [0.5, 0.6) is 0 Å². The molecule has 4 nitrogen and oxygen atoms in total. The molecule has 1 saturated carbocycles. The summed E-state index contributed by atoms with van der Waals surface area (Å²) in [5.41, 5.74) is 0. The molecule has 2 rings (SSSR count). The van der Waals surface area contributed by atoms with Gasteiger partial charge in [-0.2, -0.15) is 0 Å². The number of carbonyl (C=O) groups excluding carboxylic acids is 2. The lowest BCUT2D eigenvalue weighted by molar-refractivity contribution is -0.132. The third-order valence-corrected chi connectivity index (χ3v) is 2.64. The van der Waals surface area contributed by atoms with E-state index in [4.69, 9.17) is 4.42 Å². The topological polar surface area (TPSA) is 59.3 Å². The molecule has 1 heterocycles. The highest BCUT2D eigenvalue weighted by Crippen LogP contribution is 2.21. The highest BCUT2D eigenvalue weighted by atomic mass is 16.3. The summed E-state index contributed by atoms with van der Waals surface area (Å²) in [5, 5.41) is 2.70. The normalized spacial score (nSPS) is 20.5. The molecule has 0 aliphatic heterocycles. The number of rotatable bonds is 3. The largest absolute Gasteiger partial charge is 0.467 e. The van der Waals surface area contributed by atoms with Gasteiger partial charge in [0.15, 0.2) is 0 Å². The van der Waals surface area contributed by atoms with Gasteiger partial charge in [-0.15, -0.1) is 0 Å². The minimum atomic E-state index is -0.431. The van der Waals surface area contributed by atoms with Crippen molar-refractivity contribution in [2.75, 3.05) is 0 Å². The molecule has 1 aliphatic carbocycles. The molecule has 1 N–H and O–H groups in total. The number of hydrogen-bond donors (Lipinski definition) is 1. The fourth-order valence-electron chi connectivity index (χ4n) is 1.80. The van der Waals surface area contributed by atoms with Crippen LogP contribution in [-0.4, -0.2) is 11.7 Å². The van der Waals surface area contributed by atoms with E-state index in [2.05, 4.69) is 5.32 Å². The number of hydrogen-bond acceptors (Lipinski definition) is 3. The van der Waals surface area contributed by atoms with Gasteiger partial charge in [0.25, 0.3) is 0 Å². The van der Waals surface area contributed by atoms with Crippen molar-refractivity contribution < 1.29 is 14.0 Å². The van der Waals surface area contributed by atoms with Crippen molar-refractivity contribution in [3.8, 4) is 0 Å². The monoisotopic (exact) mass is 207 g/mol. The van der Waals surface area contributed by atoms with Gasteiger partial charge in [-0.25, -0.2) is 0 Å². The van der Waals surface area contributed by atoms with Crippen LogP contribution in [-0.2, 0) is 16.1 Å². The molecule has 1 aromatic rings. The van der Waals surface area contributed by atoms with Gasteiger partial charge in [-0.05, 0) is 25.0 Å². The Morgan fingerprint density at radius 1 is 1.60 bits per heavy atom. The first-order valence-corrected chi connectivity index (χ1v) is 5.10. The van der Waals surface area contributed by atoms with E-state index in [0.717, 1.165) is 6.42 Å². The Kier molecular flexibility index (Phi) is 2.85. The number of ketones is 1. The van der Waals surface area contributed by atoms with Crippen molar-refractivity contribution in [3.63, 3.8) is 0 Å². The van der Waals surface area contributed by atoms with Gasteiger partial charge in [0.2, 0.25) is 5.91 Å².